The van der Waals surface area contributed by atoms with Crippen molar-refractivity contribution in [2.75, 3.05) is 16.4 Å². The van der Waals surface area contributed by atoms with Crippen molar-refractivity contribution in [1.82, 2.24) is 9.97 Å². The first-order valence-corrected chi connectivity index (χ1v) is 11.3. The Morgan fingerprint density at radius 1 is 1.03 bits per heavy atom. The third-order valence-corrected chi connectivity index (χ3v) is 5.80. The van der Waals surface area contributed by atoms with Crippen molar-refractivity contribution >= 4 is 52.4 Å². The molecule has 7 nitrogen and oxygen atoms in total. The third-order valence-electron chi connectivity index (χ3n) is 4.58. The molecule has 0 aliphatic heterocycles. The van der Waals surface area contributed by atoms with Crippen LogP contribution in [-0.4, -0.2) is 27.0 Å². The van der Waals surface area contributed by atoms with Gasteiger partial charge in [0.05, 0.1) is 10.9 Å². The smallest absolute Gasteiger partial charge is 0.237 e. The summed E-state index contributed by atoms with van der Waals surface area (Å²) in [6.45, 7) is 5.22. The highest BCUT2D eigenvalue weighted by Crippen LogP contribution is 2.32. The summed E-state index contributed by atoms with van der Waals surface area (Å²) in [5, 5.41) is 6.18. The summed E-state index contributed by atoms with van der Waals surface area (Å²) in [6, 6.07) is 14.3. The molecule has 0 spiro atoms. The van der Waals surface area contributed by atoms with Gasteiger partial charge in [-0.25, -0.2) is 9.97 Å². The first-order chi connectivity index (χ1) is 15.3. The Morgan fingerprint density at radius 3 is 2.19 bits per heavy atom. The second kappa shape index (κ2) is 10.5. The summed E-state index contributed by atoms with van der Waals surface area (Å²) in [4.78, 5) is 32.8. The number of hydrogen-bond acceptors (Lipinski definition) is 6. The van der Waals surface area contributed by atoms with Crippen molar-refractivity contribution in [2.24, 2.45) is 0 Å². The number of hydrogen-bond donors (Lipinski definition) is 3. The van der Waals surface area contributed by atoms with Crippen LogP contribution in [-0.2, 0) is 16.0 Å². The number of amides is 2. The molecule has 0 aliphatic carbocycles. The quantitative estimate of drug-likeness (QED) is 0.331. The van der Waals surface area contributed by atoms with E-state index in [9.17, 15) is 9.59 Å². The molecule has 1 unspecified atom stereocenters. The van der Waals surface area contributed by atoms with Gasteiger partial charge in [-0.3, -0.25) is 9.59 Å². The summed E-state index contributed by atoms with van der Waals surface area (Å²) < 4.78 is 0. The van der Waals surface area contributed by atoms with E-state index in [4.69, 9.17) is 17.3 Å². The van der Waals surface area contributed by atoms with Crippen LogP contribution in [0.15, 0.2) is 53.7 Å². The highest BCUT2D eigenvalue weighted by molar-refractivity contribution is 8.00. The lowest BCUT2D eigenvalue weighted by Gasteiger charge is -2.15. The van der Waals surface area contributed by atoms with Crippen LogP contribution in [0.2, 0.25) is 5.02 Å². The summed E-state index contributed by atoms with van der Waals surface area (Å²) >= 11 is 7.23. The van der Waals surface area contributed by atoms with Crippen molar-refractivity contribution in [2.45, 2.75) is 37.6 Å². The van der Waals surface area contributed by atoms with E-state index in [1.54, 1.807) is 43.3 Å². The highest BCUT2D eigenvalue weighted by Gasteiger charge is 2.19. The fourth-order valence-corrected chi connectivity index (χ4v) is 3.96. The van der Waals surface area contributed by atoms with Gasteiger partial charge in [0.25, 0.3) is 0 Å². The number of thioether (sulfide) groups is 1. The molecule has 2 amide bonds. The predicted molar refractivity (Wildman–Crippen MR) is 131 cm³/mol. The maximum absolute atomic E-state index is 12.6. The molecular formula is C23H24ClN5O2S. The third kappa shape index (κ3) is 5.99. The van der Waals surface area contributed by atoms with E-state index >= 15 is 0 Å². The van der Waals surface area contributed by atoms with Gasteiger partial charge in [0, 0.05) is 28.9 Å². The molecule has 9 heteroatoms. The van der Waals surface area contributed by atoms with Crippen LogP contribution in [0.1, 0.15) is 26.5 Å². The molecule has 0 saturated heterocycles. The number of nitrogen functional groups attached to an aromatic ring is 1. The van der Waals surface area contributed by atoms with Gasteiger partial charge in [0.1, 0.15) is 5.82 Å². The van der Waals surface area contributed by atoms with Crippen molar-refractivity contribution in [3.63, 3.8) is 0 Å². The number of aryl methyl sites for hydroxylation is 1. The van der Waals surface area contributed by atoms with Crippen LogP contribution in [0.5, 0.6) is 0 Å². The maximum atomic E-state index is 12.6. The van der Waals surface area contributed by atoms with E-state index in [0.29, 0.717) is 33.8 Å². The zero-order valence-electron chi connectivity index (χ0n) is 18.0. The van der Waals surface area contributed by atoms with Crippen LogP contribution in [0, 0.1) is 0 Å². The van der Waals surface area contributed by atoms with E-state index in [0.717, 1.165) is 16.8 Å². The van der Waals surface area contributed by atoms with Crippen LogP contribution >= 0.6 is 23.4 Å². The Morgan fingerprint density at radius 2 is 1.62 bits per heavy atom. The van der Waals surface area contributed by atoms with Crippen molar-refractivity contribution in [3.8, 4) is 11.1 Å². The molecular weight excluding hydrogens is 446 g/mol. The maximum Gasteiger partial charge on any atom is 0.237 e. The summed E-state index contributed by atoms with van der Waals surface area (Å²) in [7, 11) is 0. The lowest BCUT2D eigenvalue weighted by Crippen LogP contribution is -2.23. The van der Waals surface area contributed by atoms with Gasteiger partial charge in [-0.05, 0) is 55.3 Å². The Bertz CT molecular complexity index is 1120. The minimum atomic E-state index is -0.449. The first-order valence-electron chi connectivity index (χ1n) is 10.0. The Hall–Kier alpha value is -3.10. The predicted octanol–water partition coefficient (Wildman–Crippen LogP) is 5.02. The number of carbonyl (C=O) groups excluding carboxylic acids is 2. The molecule has 1 aromatic heterocycles. The largest absolute Gasteiger partial charge is 0.383 e. The molecule has 32 heavy (non-hydrogen) atoms. The average molecular weight is 470 g/mol. The Labute approximate surface area is 196 Å². The summed E-state index contributed by atoms with van der Waals surface area (Å²) in [6.07, 6.45) is 0.666. The lowest BCUT2D eigenvalue weighted by atomic mass is 10.0. The topological polar surface area (TPSA) is 110 Å². The fourth-order valence-electron chi connectivity index (χ4n) is 3.04. The molecule has 166 valence electrons. The SMILES string of the molecule is CCc1nc(SC(C)C(=O)Nc2ccc(NC(C)=O)cc2)nc(N)c1-c1ccc(Cl)cc1. The molecule has 2 aromatic carbocycles. The minimum Gasteiger partial charge on any atom is -0.383 e. The first kappa shape index (κ1) is 23.6. The van der Waals surface area contributed by atoms with E-state index in [2.05, 4.69) is 20.6 Å². The van der Waals surface area contributed by atoms with Gasteiger partial charge in [-0.15, -0.1) is 0 Å². The Balaban J connectivity index is 1.72. The number of rotatable bonds is 7. The van der Waals surface area contributed by atoms with Crippen molar-refractivity contribution in [1.29, 1.82) is 0 Å². The molecule has 1 heterocycles. The average Bonchev–Trinajstić information content (AvgIpc) is 2.75. The van der Waals surface area contributed by atoms with Crippen molar-refractivity contribution in [3.05, 3.63) is 59.2 Å². The molecule has 0 fully saturated rings. The number of halogens is 1. The molecule has 1 atom stereocenters. The lowest BCUT2D eigenvalue weighted by molar-refractivity contribution is -0.115. The summed E-state index contributed by atoms with van der Waals surface area (Å²) in [5.41, 5.74) is 10.0. The van der Waals surface area contributed by atoms with E-state index < -0.39 is 5.25 Å². The molecule has 0 aliphatic rings. The van der Waals surface area contributed by atoms with Crippen LogP contribution < -0.4 is 16.4 Å². The second-order valence-electron chi connectivity index (χ2n) is 7.08. The number of anilines is 3. The molecule has 0 saturated carbocycles. The number of benzene rings is 2. The van der Waals surface area contributed by atoms with Gasteiger partial charge in [0.15, 0.2) is 5.16 Å². The van der Waals surface area contributed by atoms with Gasteiger partial charge in [0.2, 0.25) is 11.8 Å². The van der Waals surface area contributed by atoms with Gasteiger partial charge in [-0.1, -0.05) is 42.4 Å². The fraction of sp³-hybridized carbons (Fsp3) is 0.217. The Kier molecular flexibility index (Phi) is 7.71. The highest BCUT2D eigenvalue weighted by atomic mass is 35.5. The van der Waals surface area contributed by atoms with Crippen LogP contribution in [0.4, 0.5) is 17.2 Å². The number of aromatic nitrogens is 2. The van der Waals surface area contributed by atoms with Gasteiger partial charge < -0.3 is 16.4 Å². The zero-order valence-corrected chi connectivity index (χ0v) is 19.6. The number of nitrogens with zero attached hydrogens (tertiary/aromatic N) is 2. The molecule has 3 aromatic rings. The van der Waals surface area contributed by atoms with Gasteiger partial charge >= 0.3 is 0 Å². The molecule has 4 N–H and O–H groups in total. The standard InChI is InChI=1S/C23H24ClN5O2S/c1-4-19-20(15-5-7-16(24)8-6-15)21(25)29-23(28-19)32-13(2)22(31)27-18-11-9-17(10-12-18)26-14(3)30/h5-13H,4H2,1-3H3,(H,26,30)(H,27,31)(H2,25,28,29). The van der Waals surface area contributed by atoms with E-state index in [-0.39, 0.29) is 11.8 Å². The van der Waals surface area contributed by atoms with E-state index in [1.165, 1.54) is 18.7 Å². The zero-order chi connectivity index (χ0) is 23.3. The van der Waals surface area contributed by atoms with Crippen molar-refractivity contribution < 1.29 is 9.59 Å². The van der Waals surface area contributed by atoms with Gasteiger partial charge in [-0.2, -0.15) is 0 Å². The monoisotopic (exact) mass is 469 g/mol. The molecule has 0 radical (unpaired) electrons. The number of carbonyl (C=O) groups is 2. The second-order valence-corrected chi connectivity index (χ2v) is 8.83. The normalized spacial score (nSPS) is 11.6. The van der Waals surface area contributed by atoms with Crippen LogP contribution in [0.3, 0.4) is 0 Å². The number of nitrogens with one attached hydrogen (secondary N) is 2. The molecule has 0 bridgehead atoms. The van der Waals surface area contributed by atoms with Crippen LogP contribution in [0.25, 0.3) is 11.1 Å². The summed E-state index contributed by atoms with van der Waals surface area (Å²) in [5.74, 6) is 0.0201. The van der Waals surface area contributed by atoms with E-state index in [1.807, 2.05) is 19.1 Å². The minimum absolute atomic E-state index is 0.153. The number of nitrogens with two attached hydrogens (primary N) is 1. The molecule has 3 rings (SSSR count).